The summed E-state index contributed by atoms with van der Waals surface area (Å²) >= 11 is 0. The highest BCUT2D eigenvalue weighted by atomic mass is 32.2. The van der Waals surface area contributed by atoms with Crippen LogP contribution in [0, 0.1) is 20.8 Å². The van der Waals surface area contributed by atoms with Crippen molar-refractivity contribution >= 4 is 15.9 Å². The molecule has 0 aliphatic rings. The first-order valence-electron chi connectivity index (χ1n) is 12.3. The van der Waals surface area contributed by atoms with Crippen molar-refractivity contribution < 1.29 is 13.2 Å². The fourth-order valence-corrected chi connectivity index (χ4v) is 6.42. The van der Waals surface area contributed by atoms with Crippen LogP contribution in [-0.2, 0) is 21.2 Å². The van der Waals surface area contributed by atoms with Crippen molar-refractivity contribution in [3.05, 3.63) is 137 Å². The highest BCUT2D eigenvalue weighted by Gasteiger charge is 2.30. The summed E-state index contributed by atoms with van der Waals surface area (Å²) in [5, 5.41) is 3.12. The molecule has 0 radical (unpaired) electrons. The number of sulfonamides is 1. The Labute approximate surface area is 219 Å². The highest BCUT2D eigenvalue weighted by Crippen LogP contribution is 2.24. The van der Waals surface area contributed by atoms with Gasteiger partial charge in [0, 0.05) is 0 Å². The lowest BCUT2D eigenvalue weighted by atomic mass is 9.97. The normalized spacial score (nSPS) is 12.3. The van der Waals surface area contributed by atoms with Crippen molar-refractivity contribution in [2.45, 2.75) is 44.2 Å². The van der Waals surface area contributed by atoms with Gasteiger partial charge in [0.05, 0.1) is 10.9 Å². The van der Waals surface area contributed by atoms with Crippen molar-refractivity contribution in [2.24, 2.45) is 0 Å². The van der Waals surface area contributed by atoms with Gasteiger partial charge in [-0.3, -0.25) is 4.79 Å². The molecule has 4 aromatic carbocycles. The zero-order valence-electron chi connectivity index (χ0n) is 21.3. The largest absolute Gasteiger partial charge is 0.344 e. The number of amides is 1. The van der Waals surface area contributed by atoms with Crippen LogP contribution >= 0.6 is 0 Å². The van der Waals surface area contributed by atoms with Crippen LogP contribution in [-0.4, -0.2) is 20.4 Å². The quantitative estimate of drug-likeness (QED) is 0.315. The maximum atomic E-state index is 13.8. The topological polar surface area (TPSA) is 75.3 Å². The monoisotopic (exact) mass is 512 g/mol. The number of benzene rings is 4. The first kappa shape index (κ1) is 26.3. The molecule has 0 unspecified atom stereocenters. The van der Waals surface area contributed by atoms with Gasteiger partial charge >= 0.3 is 0 Å². The molecule has 4 rings (SSSR count). The standard InChI is InChI=1S/C31H32N2O3S/c1-22-19-23(2)30(24(3)20-22)37(35,36)33-28(21-25-13-7-4-8-14-25)31(34)32-29(26-15-9-5-10-16-26)27-17-11-6-12-18-27/h4-20,28-29,33H,21H2,1-3H3,(H,32,34)/t28-/m0/s1. The molecule has 0 bridgehead atoms. The smallest absolute Gasteiger partial charge is 0.241 e. The van der Waals surface area contributed by atoms with Crippen molar-refractivity contribution in [2.75, 3.05) is 0 Å². The summed E-state index contributed by atoms with van der Waals surface area (Å²) in [6.45, 7) is 5.49. The molecule has 0 saturated carbocycles. The third kappa shape index (κ3) is 6.53. The predicted molar refractivity (Wildman–Crippen MR) is 148 cm³/mol. The lowest BCUT2D eigenvalue weighted by Gasteiger charge is -2.25. The second kappa shape index (κ2) is 11.5. The fraction of sp³-hybridized carbons (Fsp3) is 0.194. The number of nitrogens with one attached hydrogen (secondary N) is 2. The van der Waals surface area contributed by atoms with Gasteiger partial charge in [0.15, 0.2) is 0 Å². The molecule has 0 spiro atoms. The molecular weight excluding hydrogens is 480 g/mol. The Hall–Kier alpha value is -3.74. The summed E-state index contributed by atoms with van der Waals surface area (Å²) in [6.07, 6.45) is 0.214. The van der Waals surface area contributed by atoms with Crippen molar-refractivity contribution in [1.82, 2.24) is 10.0 Å². The Morgan fingerprint density at radius 3 is 1.68 bits per heavy atom. The number of rotatable bonds is 9. The maximum absolute atomic E-state index is 13.8. The van der Waals surface area contributed by atoms with Gasteiger partial charge in [-0.2, -0.15) is 4.72 Å². The van der Waals surface area contributed by atoms with Gasteiger partial charge in [-0.1, -0.05) is 109 Å². The third-order valence-corrected chi connectivity index (χ3v) is 8.10. The van der Waals surface area contributed by atoms with E-state index in [9.17, 15) is 13.2 Å². The van der Waals surface area contributed by atoms with Crippen LogP contribution in [0.25, 0.3) is 0 Å². The molecule has 5 nitrogen and oxygen atoms in total. The third-order valence-electron chi connectivity index (χ3n) is 6.32. The van der Waals surface area contributed by atoms with E-state index in [0.29, 0.717) is 11.1 Å². The van der Waals surface area contributed by atoms with Crippen LogP contribution in [0.4, 0.5) is 0 Å². The van der Waals surface area contributed by atoms with Crippen LogP contribution in [0.3, 0.4) is 0 Å². The summed E-state index contributed by atoms with van der Waals surface area (Å²) in [4.78, 5) is 14.0. The number of aryl methyl sites for hydroxylation is 3. The minimum absolute atomic E-state index is 0.214. The number of hydrogen-bond donors (Lipinski definition) is 2. The summed E-state index contributed by atoms with van der Waals surface area (Å²) in [5.74, 6) is -0.396. The summed E-state index contributed by atoms with van der Waals surface area (Å²) in [6, 6.07) is 31.0. The van der Waals surface area contributed by atoms with Crippen LogP contribution in [0.15, 0.2) is 108 Å². The number of carbonyl (C=O) groups excluding carboxylic acids is 1. The zero-order valence-corrected chi connectivity index (χ0v) is 22.1. The van der Waals surface area contributed by atoms with Gasteiger partial charge in [-0.25, -0.2) is 8.42 Å². The Kier molecular flexibility index (Phi) is 8.21. The van der Waals surface area contributed by atoms with Crippen molar-refractivity contribution in [3.63, 3.8) is 0 Å². The van der Waals surface area contributed by atoms with E-state index in [1.807, 2.05) is 110 Å². The van der Waals surface area contributed by atoms with E-state index in [4.69, 9.17) is 0 Å². The Balaban J connectivity index is 1.69. The summed E-state index contributed by atoms with van der Waals surface area (Å²) < 4.78 is 30.0. The molecule has 0 aliphatic heterocycles. The minimum atomic E-state index is -3.98. The molecular formula is C31H32N2O3S. The number of hydrogen-bond acceptors (Lipinski definition) is 3. The van der Waals surface area contributed by atoms with Gasteiger partial charge in [0.1, 0.15) is 6.04 Å². The van der Waals surface area contributed by atoms with E-state index in [1.165, 1.54) is 0 Å². The van der Waals surface area contributed by atoms with Crippen LogP contribution < -0.4 is 10.0 Å². The van der Waals surface area contributed by atoms with Gasteiger partial charge in [-0.05, 0) is 55.0 Å². The Bertz CT molecular complexity index is 1390. The molecule has 0 heterocycles. The highest BCUT2D eigenvalue weighted by molar-refractivity contribution is 7.89. The molecule has 1 atom stereocenters. The molecule has 4 aromatic rings. The molecule has 0 saturated heterocycles. The van der Waals surface area contributed by atoms with E-state index >= 15 is 0 Å². The van der Waals surface area contributed by atoms with Gasteiger partial charge in [0.2, 0.25) is 15.9 Å². The lowest BCUT2D eigenvalue weighted by molar-refractivity contribution is -0.123. The van der Waals surface area contributed by atoms with Crippen molar-refractivity contribution in [3.8, 4) is 0 Å². The van der Waals surface area contributed by atoms with Crippen LogP contribution in [0.5, 0.6) is 0 Å². The fourth-order valence-electron chi connectivity index (χ4n) is 4.77. The van der Waals surface area contributed by atoms with Crippen LogP contribution in [0.2, 0.25) is 0 Å². The van der Waals surface area contributed by atoms with Gasteiger partial charge < -0.3 is 5.32 Å². The van der Waals surface area contributed by atoms with Gasteiger partial charge in [-0.15, -0.1) is 0 Å². The average Bonchev–Trinajstić information content (AvgIpc) is 2.87. The summed E-state index contributed by atoms with van der Waals surface area (Å²) in [5.41, 5.74) is 4.97. The second-order valence-corrected chi connectivity index (χ2v) is 11.0. The van der Waals surface area contributed by atoms with E-state index in [1.54, 1.807) is 13.8 Å². The van der Waals surface area contributed by atoms with E-state index in [-0.39, 0.29) is 11.3 Å². The molecule has 2 N–H and O–H groups in total. The first-order valence-corrected chi connectivity index (χ1v) is 13.8. The Morgan fingerprint density at radius 2 is 1.19 bits per heavy atom. The lowest BCUT2D eigenvalue weighted by Crippen LogP contribution is -2.49. The van der Waals surface area contributed by atoms with E-state index < -0.39 is 28.0 Å². The van der Waals surface area contributed by atoms with Crippen LogP contribution in [0.1, 0.15) is 39.4 Å². The minimum Gasteiger partial charge on any atom is -0.344 e. The molecule has 0 aromatic heterocycles. The molecule has 6 heteroatoms. The summed E-state index contributed by atoms with van der Waals surface area (Å²) in [7, 11) is -3.98. The second-order valence-electron chi connectivity index (χ2n) is 9.35. The molecule has 0 aliphatic carbocycles. The maximum Gasteiger partial charge on any atom is 0.241 e. The van der Waals surface area contributed by atoms with Crippen molar-refractivity contribution in [1.29, 1.82) is 0 Å². The molecule has 1 amide bonds. The molecule has 190 valence electrons. The van der Waals surface area contributed by atoms with E-state index in [2.05, 4.69) is 10.0 Å². The number of carbonyl (C=O) groups is 1. The molecule has 0 fully saturated rings. The van der Waals surface area contributed by atoms with Gasteiger partial charge in [0.25, 0.3) is 0 Å². The zero-order chi connectivity index (χ0) is 26.4. The van der Waals surface area contributed by atoms with E-state index in [0.717, 1.165) is 22.3 Å². The molecule has 37 heavy (non-hydrogen) atoms. The Morgan fingerprint density at radius 1 is 0.730 bits per heavy atom. The predicted octanol–water partition coefficient (Wildman–Crippen LogP) is 5.41. The SMILES string of the molecule is Cc1cc(C)c(S(=O)(=O)N[C@@H](Cc2ccccc2)C(=O)NC(c2ccccc2)c2ccccc2)c(C)c1. The average molecular weight is 513 g/mol. The first-order chi connectivity index (χ1) is 17.7.